The highest BCUT2D eigenvalue weighted by Gasteiger charge is 1.97. The van der Waals surface area contributed by atoms with Crippen LogP contribution in [0.1, 0.15) is 23.8 Å². The third-order valence-corrected chi connectivity index (χ3v) is 2.55. The summed E-state index contributed by atoms with van der Waals surface area (Å²) in [5.41, 5.74) is 2.66. The third-order valence-electron chi connectivity index (χ3n) is 2.55. The van der Waals surface area contributed by atoms with Gasteiger partial charge in [-0.2, -0.15) is 0 Å². The highest BCUT2D eigenvalue weighted by atomic mass is 16.5. The van der Waals surface area contributed by atoms with Gasteiger partial charge in [0.1, 0.15) is 5.76 Å². The molecule has 3 heteroatoms. The second kappa shape index (κ2) is 5.47. The van der Waals surface area contributed by atoms with Crippen LogP contribution in [0.3, 0.4) is 0 Å². The van der Waals surface area contributed by atoms with Crippen LogP contribution in [-0.4, -0.2) is 5.16 Å². The Morgan fingerprint density at radius 2 is 1.81 bits per heavy atom. The van der Waals surface area contributed by atoms with E-state index in [4.69, 9.17) is 4.52 Å². The van der Waals surface area contributed by atoms with Crippen molar-refractivity contribution in [3.63, 3.8) is 0 Å². The Morgan fingerprint density at radius 3 is 2.44 bits per heavy atom. The zero-order valence-electron chi connectivity index (χ0n) is 9.44. The second-order valence-corrected chi connectivity index (χ2v) is 3.75. The summed E-state index contributed by atoms with van der Waals surface area (Å²) in [6.45, 7) is 3.73. The Balaban J connectivity index is 1.81. The summed E-state index contributed by atoms with van der Waals surface area (Å²) in [5.74, 6) is 0.866. The maximum absolute atomic E-state index is 5.00. The van der Waals surface area contributed by atoms with Crippen LogP contribution in [0.4, 0.5) is 0 Å². The van der Waals surface area contributed by atoms with Gasteiger partial charge >= 0.3 is 0 Å². The van der Waals surface area contributed by atoms with Gasteiger partial charge in [-0.15, -0.1) is 0 Å². The van der Waals surface area contributed by atoms with Gasteiger partial charge in [0.2, 0.25) is 0 Å². The summed E-state index contributed by atoms with van der Waals surface area (Å²) in [7, 11) is 0. The summed E-state index contributed by atoms with van der Waals surface area (Å²) in [5, 5.41) is 6.96. The monoisotopic (exact) mass is 216 g/mol. The first kappa shape index (κ1) is 10.9. The molecule has 0 aliphatic rings. The first-order chi connectivity index (χ1) is 7.88. The quantitative estimate of drug-likeness (QED) is 0.834. The molecule has 0 aliphatic carbocycles. The summed E-state index contributed by atoms with van der Waals surface area (Å²) in [4.78, 5) is 0. The van der Waals surface area contributed by atoms with Crippen LogP contribution in [0.15, 0.2) is 41.1 Å². The fourth-order valence-electron chi connectivity index (χ4n) is 1.56. The van der Waals surface area contributed by atoms with Crippen molar-refractivity contribution in [2.75, 3.05) is 0 Å². The molecule has 0 atom stereocenters. The molecule has 0 fully saturated rings. The van der Waals surface area contributed by atoms with E-state index >= 15 is 0 Å². The number of benzene rings is 1. The molecule has 0 radical (unpaired) electrons. The molecular formula is C13H16N2O. The van der Waals surface area contributed by atoms with Crippen LogP contribution in [-0.2, 0) is 19.5 Å². The highest BCUT2D eigenvalue weighted by Crippen LogP contribution is 2.05. The largest absolute Gasteiger partial charge is 0.360 e. The number of nitrogens with zero attached hydrogens (tertiary/aromatic N) is 1. The van der Waals surface area contributed by atoms with Crippen LogP contribution in [0.5, 0.6) is 0 Å². The Hall–Kier alpha value is -1.61. The Kier molecular flexibility index (Phi) is 3.72. The van der Waals surface area contributed by atoms with E-state index in [2.05, 4.69) is 41.7 Å². The van der Waals surface area contributed by atoms with Crippen LogP contribution in [0.2, 0.25) is 0 Å². The van der Waals surface area contributed by atoms with Crippen molar-refractivity contribution < 1.29 is 4.52 Å². The van der Waals surface area contributed by atoms with E-state index in [9.17, 15) is 0 Å². The van der Waals surface area contributed by atoms with Gasteiger partial charge in [0.05, 0.1) is 12.7 Å². The topological polar surface area (TPSA) is 38.1 Å². The highest BCUT2D eigenvalue weighted by molar-refractivity contribution is 5.22. The molecule has 1 N–H and O–H groups in total. The van der Waals surface area contributed by atoms with E-state index in [1.165, 1.54) is 11.1 Å². The predicted molar refractivity (Wildman–Crippen MR) is 62.9 cm³/mol. The molecule has 1 aromatic heterocycles. The van der Waals surface area contributed by atoms with E-state index in [0.717, 1.165) is 25.3 Å². The van der Waals surface area contributed by atoms with Gasteiger partial charge in [0.25, 0.3) is 0 Å². The fourth-order valence-corrected chi connectivity index (χ4v) is 1.56. The lowest BCUT2D eigenvalue weighted by atomic mass is 10.1. The van der Waals surface area contributed by atoms with Crippen LogP contribution >= 0.6 is 0 Å². The number of hydrogen-bond acceptors (Lipinski definition) is 3. The Bertz CT molecular complexity index is 406. The first-order valence-corrected chi connectivity index (χ1v) is 5.56. The van der Waals surface area contributed by atoms with E-state index in [1.54, 1.807) is 6.20 Å². The van der Waals surface area contributed by atoms with Gasteiger partial charge in [-0.05, 0) is 17.5 Å². The fraction of sp³-hybridized carbons (Fsp3) is 0.308. The van der Waals surface area contributed by atoms with Crippen molar-refractivity contribution in [2.45, 2.75) is 26.4 Å². The van der Waals surface area contributed by atoms with Crippen molar-refractivity contribution in [1.82, 2.24) is 10.5 Å². The smallest absolute Gasteiger partial charge is 0.150 e. The minimum absolute atomic E-state index is 0.718. The second-order valence-electron chi connectivity index (χ2n) is 3.75. The van der Waals surface area contributed by atoms with E-state index < -0.39 is 0 Å². The number of nitrogens with one attached hydrogen (secondary N) is 1. The Labute approximate surface area is 95.5 Å². The molecule has 0 spiro atoms. The summed E-state index contributed by atoms with van der Waals surface area (Å²) >= 11 is 0. The molecule has 0 unspecified atom stereocenters. The molecule has 3 nitrogen and oxygen atoms in total. The molecule has 2 aromatic rings. The third kappa shape index (κ3) is 2.94. The number of rotatable bonds is 5. The molecule has 2 rings (SSSR count). The average Bonchev–Trinajstić information content (AvgIpc) is 2.83. The van der Waals surface area contributed by atoms with Crippen LogP contribution in [0, 0.1) is 0 Å². The summed E-state index contributed by atoms with van der Waals surface area (Å²) in [6.07, 6.45) is 2.75. The molecule has 0 aliphatic heterocycles. The van der Waals surface area contributed by atoms with Crippen molar-refractivity contribution in [2.24, 2.45) is 0 Å². The minimum Gasteiger partial charge on any atom is -0.360 e. The molecular weight excluding hydrogens is 200 g/mol. The zero-order valence-corrected chi connectivity index (χ0v) is 9.44. The van der Waals surface area contributed by atoms with Crippen molar-refractivity contribution >= 4 is 0 Å². The molecule has 0 amide bonds. The SMILES string of the molecule is CCc1ccc(CNCc2ccno2)cc1. The molecule has 0 saturated carbocycles. The van der Waals surface area contributed by atoms with Crippen LogP contribution in [0.25, 0.3) is 0 Å². The molecule has 1 aromatic carbocycles. The van der Waals surface area contributed by atoms with Gasteiger partial charge in [-0.3, -0.25) is 0 Å². The standard InChI is InChI=1S/C13H16N2O/c1-2-11-3-5-12(6-4-11)9-14-10-13-7-8-15-16-13/h3-8,14H,2,9-10H2,1H3. The molecule has 0 bridgehead atoms. The van der Waals surface area contributed by atoms with E-state index in [1.807, 2.05) is 6.07 Å². The predicted octanol–water partition coefficient (Wildman–Crippen LogP) is 2.53. The van der Waals surface area contributed by atoms with Crippen molar-refractivity contribution in [3.8, 4) is 0 Å². The van der Waals surface area contributed by atoms with Gasteiger partial charge in [-0.1, -0.05) is 36.3 Å². The molecule has 16 heavy (non-hydrogen) atoms. The van der Waals surface area contributed by atoms with Gasteiger partial charge in [0.15, 0.2) is 0 Å². The van der Waals surface area contributed by atoms with Crippen molar-refractivity contribution in [1.29, 1.82) is 0 Å². The van der Waals surface area contributed by atoms with Gasteiger partial charge < -0.3 is 9.84 Å². The van der Waals surface area contributed by atoms with Crippen LogP contribution < -0.4 is 5.32 Å². The summed E-state index contributed by atoms with van der Waals surface area (Å²) in [6, 6.07) is 10.5. The van der Waals surface area contributed by atoms with E-state index in [0.29, 0.717) is 0 Å². The Morgan fingerprint density at radius 1 is 1.06 bits per heavy atom. The molecule has 84 valence electrons. The number of aryl methyl sites for hydroxylation is 1. The average molecular weight is 216 g/mol. The number of aromatic nitrogens is 1. The first-order valence-electron chi connectivity index (χ1n) is 5.56. The lowest BCUT2D eigenvalue weighted by Crippen LogP contribution is -2.12. The zero-order chi connectivity index (χ0) is 11.2. The number of hydrogen-bond donors (Lipinski definition) is 1. The van der Waals surface area contributed by atoms with E-state index in [-0.39, 0.29) is 0 Å². The lowest BCUT2D eigenvalue weighted by molar-refractivity contribution is 0.373. The lowest BCUT2D eigenvalue weighted by Gasteiger charge is -2.03. The van der Waals surface area contributed by atoms with Crippen molar-refractivity contribution in [3.05, 3.63) is 53.4 Å². The van der Waals surface area contributed by atoms with Gasteiger partial charge in [0, 0.05) is 12.6 Å². The molecule has 0 saturated heterocycles. The van der Waals surface area contributed by atoms with Gasteiger partial charge in [-0.25, -0.2) is 0 Å². The minimum atomic E-state index is 0.718. The maximum Gasteiger partial charge on any atom is 0.150 e. The molecule has 1 heterocycles. The summed E-state index contributed by atoms with van der Waals surface area (Å²) < 4.78 is 5.00. The normalized spacial score (nSPS) is 10.6. The maximum atomic E-state index is 5.00.